The van der Waals surface area contributed by atoms with Crippen molar-refractivity contribution in [2.75, 3.05) is 0 Å². The SMILES string of the molecule is CC(Br)C(=O)c1cc(Br)ccc1C(F)F. The molecule has 0 radical (unpaired) electrons. The molecule has 1 aromatic rings. The molecule has 0 aromatic heterocycles. The van der Waals surface area contributed by atoms with Gasteiger partial charge in [-0.1, -0.05) is 37.9 Å². The van der Waals surface area contributed by atoms with Gasteiger partial charge in [0.15, 0.2) is 5.78 Å². The molecule has 82 valence electrons. The minimum absolute atomic E-state index is 0.0590. The molecule has 0 amide bonds. The van der Waals surface area contributed by atoms with Crippen LogP contribution in [0.5, 0.6) is 0 Å². The summed E-state index contributed by atoms with van der Waals surface area (Å²) in [5.74, 6) is -0.341. The second-order valence-electron chi connectivity index (χ2n) is 3.01. The topological polar surface area (TPSA) is 17.1 Å². The van der Waals surface area contributed by atoms with Gasteiger partial charge in [0.05, 0.1) is 4.83 Å². The second-order valence-corrected chi connectivity index (χ2v) is 5.30. The molecule has 0 bridgehead atoms. The van der Waals surface area contributed by atoms with Crippen LogP contribution in [0.15, 0.2) is 22.7 Å². The summed E-state index contributed by atoms with van der Waals surface area (Å²) in [6, 6.07) is 4.18. The average Bonchev–Trinajstić information content (AvgIpc) is 2.15. The van der Waals surface area contributed by atoms with Crippen LogP contribution in [0.2, 0.25) is 0 Å². The van der Waals surface area contributed by atoms with Crippen LogP contribution in [0.1, 0.15) is 29.3 Å². The molecule has 1 unspecified atom stereocenters. The van der Waals surface area contributed by atoms with E-state index in [-0.39, 0.29) is 16.9 Å². The number of carbonyl (C=O) groups is 1. The monoisotopic (exact) mass is 340 g/mol. The van der Waals surface area contributed by atoms with Crippen LogP contribution < -0.4 is 0 Å². The summed E-state index contributed by atoms with van der Waals surface area (Å²) in [4.78, 5) is 11.2. The van der Waals surface area contributed by atoms with Gasteiger partial charge in [0.2, 0.25) is 0 Å². The van der Waals surface area contributed by atoms with Crippen LogP contribution >= 0.6 is 31.9 Å². The zero-order valence-corrected chi connectivity index (χ0v) is 11.0. The maximum absolute atomic E-state index is 12.6. The Morgan fingerprint density at radius 2 is 2.00 bits per heavy atom. The van der Waals surface area contributed by atoms with E-state index in [1.807, 2.05) is 0 Å². The van der Waals surface area contributed by atoms with Crippen molar-refractivity contribution in [3.63, 3.8) is 0 Å². The van der Waals surface area contributed by atoms with Gasteiger partial charge in [0.25, 0.3) is 6.43 Å². The Morgan fingerprint density at radius 1 is 1.40 bits per heavy atom. The Morgan fingerprint density at radius 3 is 2.47 bits per heavy atom. The van der Waals surface area contributed by atoms with Crippen molar-refractivity contribution in [1.82, 2.24) is 0 Å². The fraction of sp³-hybridized carbons (Fsp3) is 0.300. The molecular weight excluding hydrogens is 334 g/mol. The lowest BCUT2D eigenvalue weighted by Crippen LogP contribution is -2.12. The summed E-state index contributed by atoms with van der Waals surface area (Å²) in [5, 5.41) is 0. The highest BCUT2D eigenvalue weighted by Gasteiger charge is 2.21. The molecule has 0 spiro atoms. The number of ketones is 1. The average molecular weight is 342 g/mol. The zero-order chi connectivity index (χ0) is 11.6. The van der Waals surface area contributed by atoms with Crippen molar-refractivity contribution in [2.24, 2.45) is 0 Å². The molecule has 0 aliphatic carbocycles. The minimum atomic E-state index is -2.64. The van der Waals surface area contributed by atoms with Gasteiger partial charge in [-0.05, 0) is 19.1 Å². The fourth-order valence-electron chi connectivity index (χ4n) is 1.15. The Labute approximate surface area is 103 Å². The predicted molar refractivity (Wildman–Crippen MR) is 61.8 cm³/mol. The Kier molecular flexibility index (Phi) is 4.40. The molecule has 0 aliphatic rings. The highest BCUT2D eigenvalue weighted by atomic mass is 79.9. The number of halogens is 4. The zero-order valence-electron chi connectivity index (χ0n) is 7.81. The minimum Gasteiger partial charge on any atom is -0.293 e. The summed E-state index contributed by atoms with van der Waals surface area (Å²) >= 11 is 6.23. The van der Waals surface area contributed by atoms with Gasteiger partial charge < -0.3 is 0 Å². The fourth-order valence-corrected chi connectivity index (χ4v) is 1.75. The largest absolute Gasteiger partial charge is 0.293 e. The highest BCUT2D eigenvalue weighted by Crippen LogP contribution is 2.27. The summed E-state index contributed by atoms with van der Waals surface area (Å²) < 4.78 is 25.8. The number of hydrogen-bond acceptors (Lipinski definition) is 1. The van der Waals surface area contributed by atoms with Crippen molar-refractivity contribution >= 4 is 37.6 Å². The van der Waals surface area contributed by atoms with Crippen molar-refractivity contribution in [3.8, 4) is 0 Å². The smallest absolute Gasteiger partial charge is 0.264 e. The van der Waals surface area contributed by atoms with Crippen molar-refractivity contribution < 1.29 is 13.6 Å². The van der Waals surface area contributed by atoms with E-state index in [4.69, 9.17) is 0 Å². The summed E-state index contributed by atoms with van der Waals surface area (Å²) in [7, 11) is 0. The van der Waals surface area contributed by atoms with E-state index in [0.29, 0.717) is 4.47 Å². The number of alkyl halides is 3. The van der Waals surface area contributed by atoms with E-state index >= 15 is 0 Å². The molecule has 1 aromatic carbocycles. The lowest BCUT2D eigenvalue weighted by atomic mass is 10.0. The third-order valence-corrected chi connectivity index (χ3v) is 2.79. The molecule has 0 fully saturated rings. The summed E-state index contributed by atoms with van der Waals surface area (Å²) in [6.45, 7) is 1.61. The molecule has 0 N–H and O–H groups in total. The molecule has 0 heterocycles. The van der Waals surface area contributed by atoms with E-state index in [0.717, 1.165) is 0 Å². The first-order valence-corrected chi connectivity index (χ1v) is 5.90. The van der Waals surface area contributed by atoms with E-state index < -0.39 is 11.3 Å². The number of Topliss-reactive ketones (excluding diaryl/α,β-unsaturated/α-hetero) is 1. The molecule has 0 saturated heterocycles. The number of benzene rings is 1. The third kappa shape index (κ3) is 3.08. The van der Waals surface area contributed by atoms with E-state index in [1.54, 1.807) is 6.92 Å². The normalized spacial score (nSPS) is 12.9. The quantitative estimate of drug-likeness (QED) is 0.590. The molecule has 15 heavy (non-hydrogen) atoms. The number of hydrogen-bond donors (Lipinski definition) is 0. The third-order valence-electron chi connectivity index (χ3n) is 1.88. The van der Waals surface area contributed by atoms with Gasteiger partial charge in [-0.15, -0.1) is 0 Å². The van der Waals surface area contributed by atoms with Crippen LogP contribution in [-0.4, -0.2) is 10.6 Å². The Hall–Kier alpha value is -0.290. The molecular formula is C10H8Br2F2O. The van der Waals surface area contributed by atoms with Crippen LogP contribution in [0.4, 0.5) is 8.78 Å². The van der Waals surface area contributed by atoms with Crippen molar-refractivity contribution in [3.05, 3.63) is 33.8 Å². The lowest BCUT2D eigenvalue weighted by molar-refractivity contribution is 0.0982. The van der Waals surface area contributed by atoms with E-state index in [2.05, 4.69) is 31.9 Å². The van der Waals surface area contributed by atoms with Crippen molar-refractivity contribution in [1.29, 1.82) is 0 Å². The molecule has 0 saturated carbocycles. The lowest BCUT2D eigenvalue weighted by Gasteiger charge is -2.09. The molecule has 1 atom stereocenters. The van der Waals surface area contributed by atoms with Crippen LogP contribution in [0.3, 0.4) is 0 Å². The highest BCUT2D eigenvalue weighted by molar-refractivity contribution is 9.10. The van der Waals surface area contributed by atoms with Gasteiger partial charge >= 0.3 is 0 Å². The summed E-state index contributed by atoms with van der Waals surface area (Å²) in [5.41, 5.74) is -0.168. The van der Waals surface area contributed by atoms with Gasteiger partial charge in [-0.2, -0.15) is 0 Å². The van der Waals surface area contributed by atoms with Crippen LogP contribution in [-0.2, 0) is 0 Å². The van der Waals surface area contributed by atoms with E-state index in [9.17, 15) is 13.6 Å². The Balaban J connectivity index is 3.24. The van der Waals surface area contributed by atoms with Crippen LogP contribution in [0.25, 0.3) is 0 Å². The van der Waals surface area contributed by atoms with Gasteiger partial charge in [-0.3, -0.25) is 4.79 Å². The van der Waals surface area contributed by atoms with Crippen LogP contribution in [0, 0.1) is 0 Å². The molecule has 1 nitrogen and oxygen atoms in total. The first-order valence-electron chi connectivity index (χ1n) is 4.19. The second kappa shape index (κ2) is 5.16. The van der Waals surface area contributed by atoms with Gasteiger partial charge in [0.1, 0.15) is 0 Å². The molecule has 5 heteroatoms. The van der Waals surface area contributed by atoms with E-state index in [1.165, 1.54) is 18.2 Å². The maximum atomic E-state index is 12.6. The first-order chi connectivity index (χ1) is 6.93. The number of carbonyl (C=O) groups excluding carboxylic acids is 1. The molecule has 1 rings (SSSR count). The maximum Gasteiger partial charge on any atom is 0.264 e. The van der Waals surface area contributed by atoms with Gasteiger partial charge in [0, 0.05) is 15.6 Å². The first kappa shape index (κ1) is 12.8. The van der Waals surface area contributed by atoms with Gasteiger partial charge in [-0.25, -0.2) is 8.78 Å². The Bertz CT molecular complexity index is 378. The molecule has 0 aliphatic heterocycles. The predicted octanol–water partition coefficient (Wildman–Crippen LogP) is 4.35. The van der Waals surface area contributed by atoms with Crippen molar-refractivity contribution in [2.45, 2.75) is 18.2 Å². The standard InChI is InChI=1S/C10H8Br2F2O/c1-5(11)9(15)8-4-6(12)2-3-7(8)10(13)14/h2-5,10H,1H3. The number of rotatable bonds is 3. The summed E-state index contributed by atoms with van der Waals surface area (Å²) in [6.07, 6.45) is -2.64.